The molecule has 17 heavy (non-hydrogen) atoms. The van der Waals surface area contributed by atoms with E-state index in [-0.39, 0.29) is 5.91 Å². The van der Waals surface area contributed by atoms with Crippen LogP contribution in [0.3, 0.4) is 0 Å². The van der Waals surface area contributed by atoms with Crippen molar-refractivity contribution in [3.8, 4) is 0 Å². The molecule has 1 saturated heterocycles. The third-order valence-electron chi connectivity index (χ3n) is 2.96. The van der Waals surface area contributed by atoms with E-state index in [4.69, 9.17) is 5.73 Å². The lowest BCUT2D eigenvalue weighted by Crippen LogP contribution is -2.42. The summed E-state index contributed by atoms with van der Waals surface area (Å²) in [6.07, 6.45) is 0. The van der Waals surface area contributed by atoms with Crippen molar-refractivity contribution >= 4 is 22.4 Å². The van der Waals surface area contributed by atoms with Crippen molar-refractivity contribution in [2.45, 2.75) is 6.92 Å². The van der Waals surface area contributed by atoms with Gasteiger partial charge in [0.2, 0.25) is 0 Å². The van der Waals surface area contributed by atoms with Crippen LogP contribution >= 0.6 is 0 Å². The number of nitrogens with two attached hydrogens (primary N) is 1. The fraction of sp³-hybridized carbons (Fsp3) is 0.417. The zero-order chi connectivity index (χ0) is 12.4. The number of nitrogens with zero attached hydrogens (tertiary/aromatic N) is 1. The Bertz CT molecular complexity index is 464. The van der Waals surface area contributed by atoms with E-state index in [0.717, 1.165) is 5.56 Å². The summed E-state index contributed by atoms with van der Waals surface area (Å²) < 4.78 is 11.2. The zero-order valence-electron chi connectivity index (χ0n) is 9.81. The van der Waals surface area contributed by atoms with Gasteiger partial charge in [0.1, 0.15) is 0 Å². The first-order valence-electron chi connectivity index (χ1n) is 5.58. The van der Waals surface area contributed by atoms with Crippen LogP contribution in [0.4, 0.5) is 5.69 Å². The molecule has 1 fully saturated rings. The van der Waals surface area contributed by atoms with Gasteiger partial charge in [0, 0.05) is 46.6 Å². The molecule has 1 aliphatic rings. The molecule has 2 rings (SSSR count). The molecule has 1 amide bonds. The first kappa shape index (κ1) is 12.1. The van der Waals surface area contributed by atoms with Gasteiger partial charge < -0.3 is 10.6 Å². The van der Waals surface area contributed by atoms with Crippen LogP contribution in [0.2, 0.25) is 0 Å². The summed E-state index contributed by atoms with van der Waals surface area (Å²) in [6.45, 7) is 3.04. The lowest BCUT2D eigenvalue weighted by molar-refractivity contribution is 0.0770. The maximum atomic E-state index is 12.3. The summed E-state index contributed by atoms with van der Waals surface area (Å²) in [5.74, 6) is 1.15. The van der Waals surface area contributed by atoms with Crippen LogP contribution in [-0.2, 0) is 10.8 Å². The van der Waals surface area contributed by atoms with Gasteiger partial charge in [-0.15, -0.1) is 0 Å². The molecule has 0 radical (unpaired) electrons. The molecule has 1 aliphatic heterocycles. The Morgan fingerprint density at radius 3 is 2.65 bits per heavy atom. The van der Waals surface area contributed by atoms with E-state index in [1.54, 1.807) is 17.0 Å². The van der Waals surface area contributed by atoms with Crippen LogP contribution in [0.5, 0.6) is 0 Å². The highest BCUT2D eigenvalue weighted by atomic mass is 32.2. The minimum atomic E-state index is -0.762. The minimum absolute atomic E-state index is 0.00787. The van der Waals surface area contributed by atoms with Gasteiger partial charge in [0.15, 0.2) is 0 Å². The quantitative estimate of drug-likeness (QED) is 0.751. The number of amides is 1. The second-order valence-corrected chi connectivity index (χ2v) is 5.91. The average molecular weight is 252 g/mol. The van der Waals surface area contributed by atoms with E-state index in [1.165, 1.54) is 0 Å². The van der Waals surface area contributed by atoms with E-state index >= 15 is 0 Å². The van der Waals surface area contributed by atoms with E-state index < -0.39 is 10.8 Å². The molecule has 1 aromatic carbocycles. The summed E-state index contributed by atoms with van der Waals surface area (Å²) in [4.78, 5) is 14.0. The summed E-state index contributed by atoms with van der Waals surface area (Å²) in [7, 11) is -0.762. The highest BCUT2D eigenvalue weighted by Crippen LogP contribution is 2.16. The highest BCUT2D eigenvalue weighted by molar-refractivity contribution is 7.85. The first-order chi connectivity index (χ1) is 8.08. The highest BCUT2D eigenvalue weighted by Gasteiger charge is 2.22. The second kappa shape index (κ2) is 4.87. The number of aryl methyl sites for hydroxylation is 1. The third-order valence-corrected chi connectivity index (χ3v) is 4.23. The Balaban J connectivity index is 2.19. The average Bonchev–Trinajstić information content (AvgIpc) is 2.32. The van der Waals surface area contributed by atoms with Gasteiger partial charge >= 0.3 is 0 Å². The zero-order valence-corrected chi connectivity index (χ0v) is 10.6. The number of carbonyl (C=O) groups is 1. The fourth-order valence-electron chi connectivity index (χ4n) is 1.88. The Labute approximate surface area is 103 Å². The lowest BCUT2D eigenvalue weighted by atomic mass is 10.1. The van der Waals surface area contributed by atoms with Crippen LogP contribution in [0.1, 0.15) is 15.9 Å². The van der Waals surface area contributed by atoms with Gasteiger partial charge in [0.25, 0.3) is 5.91 Å². The van der Waals surface area contributed by atoms with Crippen molar-refractivity contribution < 1.29 is 9.00 Å². The van der Waals surface area contributed by atoms with Crippen molar-refractivity contribution in [1.29, 1.82) is 0 Å². The topological polar surface area (TPSA) is 63.4 Å². The predicted octanol–water partition coefficient (Wildman–Crippen LogP) is 0.782. The fourth-order valence-corrected chi connectivity index (χ4v) is 2.93. The number of carbonyl (C=O) groups excluding carboxylic acids is 1. The molecule has 1 aromatic rings. The summed E-state index contributed by atoms with van der Waals surface area (Å²) in [5.41, 5.74) is 7.87. The molecule has 1 heterocycles. The van der Waals surface area contributed by atoms with Crippen LogP contribution in [0.25, 0.3) is 0 Å². The molecule has 0 aromatic heterocycles. The molecular weight excluding hydrogens is 236 g/mol. The summed E-state index contributed by atoms with van der Waals surface area (Å²) in [5, 5.41) is 0. The number of nitrogen functional groups attached to an aromatic ring is 1. The van der Waals surface area contributed by atoms with Crippen LogP contribution in [0, 0.1) is 6.92 Å². The molecule has 92 valence electrons. The molecule has 0 atom stereocenters. The minimum Gasteiger partial charge on any atom is -0.399 e. The van der Waals surface area contributed by atoms with Crippen LogP contribution in [0.15, 0.2) is 18.2 Å². The molecule has 0 aliphatic carbocycles. The number of anilines is 1. The molecule has 5 heteroatoms. The number of benzene rings is 1. The molecule has 4 nitrogen and oxygen atoms in total. The van der Waals surface area contributed by atoms with Crippen molar-refractivity contribution in [2.24, 2.45) is 0 Å². The standard InChI is InChI=1S/C12H16N2O2S/c1-9-2-3-10(13)8-11(9)12(15)14-4-6-17(16)7-5-14/h2-3,8H,4-7,13H2,1H3. The maximum absolute atomic E-state index is 12.3. The van der Waals surface area contributed by atoms with Gasteiger partial charge in [0.05, 0.1) is 0 Å². The maximum Gasteiger partial charge on any atom is 0.254 e. The van der Waals surface area contributed by atoms with E-state index in [1.807, 2.05) is 13.0 Å². The number of hydrogen-bond donors (Lipinski definition) is 1. The number of hydrogen-bond acceptors (Lipinski definition) is 3. The van der Waals surface area contributed by atoms with Gasteiger partial charge in [-0.25, -0.2) is 0 Å². The largest absolute Gasteiger partial charge is 0.399 e. The van der Waals surface area contributed by atoms with Crippen molar-refractivity contribution in [2.75, 3.05) is 30.3 Å². The Morgan fingerprint density at radius 2 is 2.00 bits per heavy atom. The SMILES string of the molecule is Cc1ccc(N)cc1C(=O)N1CCS(=O)CC1. The molecule has 0 saturated carbocycles. The first-order valence-corrected chi connectivity index (χ1v) is 7.07. The Morgan fingerprint density at radius 1 is 1.35 bits per heavy atom. The van der Waals surface area contributed by atoms with Crippen LogP contribution in [-0.4, -0.2) is 39.6 Å². The summed E-state index contributed by atoms with van der Waals surface area (Å²) in [6, 6.07) is 5.35. The van der Waals surface area contributed by atoms with E-state index in [2.05, 4.69) is 0 Å². The van der Waals surface area contributed by atoms with E-state index in [9.17, 15) is 9.00 Å². The predicted molar refractivity (Wildman–Crippen MR) is 69.4 cm³/mol. The molecule has 0 spiro atoms. The molecule has 0 bridgehead atoms. The monoisotopic (exact) mass is 252 g/mol. The Hall–Kier alpha value is -1.36. The molecular formula is C12H16N2O2S. The van der Waals surface area contributed by atoms with Gasteiger partial charge in [-0.2, -0.15) is 0 Å². The van der Waals surface area contributed by atoms with Gasteiger partial charge in [-0.1, -0.05) is 6.07 Å². The number of rotatable bonds is 1. The third kappa shape index (κ3) is 2.66. The normalized spacial score (nSPS) is 17.1. The smallest absolute Gasteiger partial charge is 0.254 e. The van der Waals surface area contributed by atoms with Gasteiger partial charge in [-0.3, -0.25) is 9.00 Å². The van der Waals surface area contributed by atoms with E-state index in [0.29, 0.717) is 35.8 Å². The van der Waals surface area contributed by atoms with Crippen molar-refractivity contribution in [3.05, 3.63) is 29.3 Å². The Kier molecular flexibility index (Phi) is 3.47. The van der Waals surface area contributed by atoms with Crippen molar-refractivity contribution in [3.63, 3.8) is 0 Å². The van der Waals surface area contributed by atoms with Crippen LogP contribution < -0.4 is 5.73 Å². The van der Waals surface area contributed by atoms with Crippen molar-refractivity contribution in [1.82, 2.24) is 4.90 Å². The van der Waals surface area contributed by atoms with Gasteiger partial charge in [-0.05, 0) is 24.6 Å². The summed E-state index contributed by atoms with van der Waals surface area (Å²) >= 11 is 0. The lowest BCUT2D eigenvalue weighted by Gasteiger charge is -2.27. The molecule has 0 unspecified atom stereocenters. The second-order valence-electron chi connectivity index (χ2n) is 4.21. The molecule has 2 N–H and O–H groups in total.